The fraction of sp³-hybridized carbons (Fsp3) is 0.650. The SMILES string of the molecule is CC(CC(N)C[C@@H]1CCCN1C(=O)OC(C)(C)C)Nc1ccccc1Br. The molecular weight excluding hydrogens is 394 g/mol. The summed E-state index contributed by atoms with van der Waals surface area (Å²) in [5, 5.41) is 3.50. The number of nitrogens with one attached hydrogen (secondary N) is 1. The van der Waals surface area contributed by atoms with E-state index in [1.807, 2.05) is 49.9 Å². The van der Waals surface area contributed by atoms with Gasteiger partial charge in [0.05, 0.1) is 0 Å². The number of rotatable bonds is 6. The first-order chi connectivity index (χ1) is 12.2. The number of nitrogens with zero attached hydrogens (tertiary/aromatic N) is 1. The highest BCUT2D eigenvalue weighted by atomic mass is 79.9. The molecule has 6 heteroatoms. The number of nitrogens with two attached hydrogens (primary N) is 1. The number of amides is 1. The van der Waals surface area contributed by atoms with Crippen LogP contribution in [0.5, 0.6) is 0 Å². The van der Waals surface area contributed by atoms with E-state index in [1.165, 1.54) is 0 Å². The topological polar surface area (TPSA) is 67.6 Å². The quantitative estimate of drug-likeness (QED) is 0.689. The maximum atomic E-state index is 12.4. The molecule has 3 N–H and O–H groups in total. The lowest BCUT2D eigenvalue weighted by Crippen LogP contribution is -2.43. The van der Waals surface area contributed by atoms with Crippen LogP contribution in [0.2, 0.25) is 0 Å². The summed E-state index contributed by atoms with van der Waals surface area (Å²) in [5.74, 6) is 0. The predicted molar refractivity (Wildman–Crippen MR) is 110 cm³/mol. The van der Waals surface area contributed by atoms with E-state index in [0.29, 0.717) is 0 Å². The molecule has 1 aromatic rings. The third-order valence-corrected chi connectivity index (χ3v) is 5.20. The summed E-state index contributed by atoms with van der Waals surface area (Å²) >= 11 is 3.56. The van der Waals surface area contributed by atoms with Gasteiger partial charge in [-0.25, -0.2) is 4.79 Å². The molecule has 0 radical (unpaired) electrons. The average molecular weight is 426 g/mol. The van der Waals surface area contributed by atoms with Gasteiger partial charge in [0, 0.05) is 34.8 Å². The van der Waals surface area contributed by atoms with Crippen LogP contribution >= 0.6 is 15.9 Å². The van der Waals surface area contributed by atoms with Crippen LogP contribution in [0.15, 0.2) is 28.7 Å². The number of hydrogen-bond donors (Lipinski definition) is 2. The zero-order chi connectivity index (χ0) is 19.3. The number of carbonyl (C=O) groups is 1. The van der Waals surface area contributed by atoms with Crippen molar-refractivity contribution in [3.63, 3.8) is 0 Å². The smallest absolute Gasteiger partial charge is 0.410 e. The van der Waals surface area contributed by atoms with E-state index >= 15 is 0 Å². The molecule has 5 nitrogen and oxygen atoms in total. The van der Waals surface area contributed by atoms with Gasteiger partial charge < -0.3 is 20.7 Å². The van der Waals surface area contributed by atoms with Gasteiger partial charge in [0.15, 0.2) is 0 Å². The van der Waals surface area contributed by atoms with Crippen LogP contribution in [-0.2, 0) is 4.74 Å². The molecule has 1 aliphatic heterocycles. The molecule has 1 heterocycles. The Morgan fingerprint density at radius 1 is 1.42 bits per heavy atom. The normalized spacial score (nSPS) is 19.9. The Bertz CT molecular complexity index is 603. The highest BCUT2D eigenvalue weighted by molar-refractivity contribution is 9.10. The van der Waals surface area contributed by atoms with Gasteiger partial charge in [0.1, 0.15) is 5.60 Å². The molecule has 0 aliphatic carbocycles. The number of ether oxygens (including phenoxy) is 1. The van der Waals surface area contributed by atoms with E-state index in [9.17, 15) is 4.79 Å². The van der Waals surface area contributed by atoms with E-state index in [2.05, 4.69) is 28.2 Å². The van der Waals surface area contributed by atoms with Crippen LogP contribution in [0.4, 0.5) is 10.5 Å². The monoisotopic (exact) mass is 425 g/mol. The van der Waals surface area contributed by atoms with Crippen LogP contribution in [0.1, 0.15) is 53.4 Å². The first-order valence-electron chi connectivity index (χ1n) is 9.42. The summed E-state index contributed by atoms with van der Waals surface area (Å²) in [5.41, 5.74) is 7.01. The Kier molecular flexibility index (Phi) is 7.35. The molecule has 1 aliphatic rings. The van der Waals surface area contributed by atoms with Gasteiger partial charge in [-0.3, -0.25) is 0 Å². The number of hydrogen-bond acceptors (Lipinski definition) is 4. The lowest BCUT2D eigenvalue weighted by molar-refractivity contribution is 0.0215. The number of anilines is 1. The number of likely N-dealkylation sites (tertiary alicyclic amines) is 1. The number of carbonyl (C=O) groups excluding carboxylic acids is 1. The van der Waals surface area contributed by atoms with Crippen molar-refractivity contribution in [2.24, 2.45) is 5.73 Å². The summed E-state index contributed by atoms with van der Waals surface area (Å²) in [6.07, 6.45) is 3.45. The molecule has 0 aromatic heterocycles. The van der Waals surface area contributed by atoms with Crippen LogP contribution in [-0.4, -0.2) is 41.3 Å². The third kappa shape index (κ3) is 6.47. The van der Waals surface area contributed by atoms with Gasteiger partial charge in [-0.15, -0.1) is 0 Å². The molecule has 3 atom stereocenters. The molecule has 0 spiro atoms. The summed E-state index contributed by atoms with van der Waals surface area (Å²) in [7, 11) is 0. The van der Waals surface area contributed by atoms with Gasteiger partial charge >= 0.3 is 6.09 Å². The van der Waals surface area contributed by atoms with Crippen molar-refractivity contribution in [2.75, 3.05) is 11.9 Å². The summed E-state index contributed by atoms with van der Waals surface area (Å²) < 4.78 is 6.58. The molecule has 2 unspecified atom stereocenters. The Hall–Kier alpha value is -1.27. The highest BCUT2D eigenvalue weighted by Gasteiger charge is 2.33. The van der Waals surface area contributed by atoms with Crippen LogP contribution in [0.3, 0.4) is 0 Å². The van der Waals surface area contributed by atoms with Gasteiger partial charge in [-0.05, 0) is 81.4 Å². The fourth-order valence-corrected chi connectivity index (χ4v) is 3.84. The molecule has 1 fully saturated rings. The second-order valence-electron chi connectivity index (χ2n) is 8.23. The van der Waals surface area contributed by atoms with Crippen LogP contribution < -0.4 is 11.1 Å². The van der Waals surface area contributed by atoms with Gasteiger partial charge in [-0.2, -0.15) is 0 Å². The second kappa shape index (κ2) is 9.09. The molecule has 0 bridgehead atoms. The summed E-state index contributed by atoms with van der Waals surface area (Å²) in [6, 6.07) is 8.54. The molecule has 1 amide bonds. The van der Waals surface area contributed by atoms with E-state index in [1.54, 1.807) is 0 Å². The summed E-state index contributed by atoms with van der Waals surface area (Å²) in [4.78, 5) is 14.3. The van der Waals surface area contributed by atoms with Crippen molar-refractivity contribution >= 4 is 27.7 Å². The van der Waals surface area contributed by atoms with Gasteiger partial charge in [-0.1, -0.05) is 12.1 Å². The highest BCUT2D eigenvalue weighted by Crippen LogP contribution is 2.26. The zero-order valence-electron chi connectivity index (χ0n) is 16.3. The standard InChI is InChI=1S/C20H32BrN3O2/c1-14(23-18-10-6-5-9-17(18)21)12-15(22)13-16-8-7-11-24(16)19(25)26-20(2,3)4/h5-6,9-10,14-16,23H,7-8,11-13,22H2,1-4H3/t14?,15?,16-/m0/s1. The van der Waals surface area contributed by atoms with Crippen molar-refractivity contribution in [1.82, 2.24) is 4.90 Å². The van der Waals surface area contributed by atoms with Crippen molar-refractivity contribution in [3.05, 3.63) is 28.7 Å². The van der Waals surface area contributed by atoms with Gasteiger partial charge in [0.25, 0.3) is 0 Å². The maximum Gasteiger partial charge on any atom is 0.410 e. The van der Waals surface area contributed by atoms with Crippen molar-refractivity contribution < 1.29 is 9.53 Å². The molecule has 0 saturated carbocycles. The van der Waals surface area contributed by atoms with Crippen molar-refractivity contribution in [3.8, 4) is 0 Å². The summed E-state index contributed by atoms with van der Waals surface area (Å²) in [6.45, 7) is 8.60. The second-order valence-corrected chi connectivity index (χ2v) is 9.08. The fourth-order valence-electron chi connectivity index (χ4n) is 3.44. The van der Waals surface area contributed by atoms with Crippen LogP contribution in [0.25, 0.3) is 0 Å². The zero-order valence-corrected chi connectivity index (χ0v) is 17.9. The molecule has 26 heavy (non-hydrogen) atoms. The van der Waals surface area contributed by atoms with Crippen molar-refractivity contribution in [1.29, 1.82) is 0 Å². The average Bonchev–Trinajstić information content (AvgIpc) is 2.95. The predicted octanol–water partition coefficient (Wildman–Crippen LogP) is 4.76. The van der Waals surface area contributed by atoms with E-state index in [4.69, 9.17) is 10.5 Å². The molecule has 1 saturated heterocycles. The first-order valence-corrected chi connectivity index (χ1v) is 10.2. The largest absolute Gasteiger partial charge is 0.444 e. The number of para-hydroxylation sites is 1. The van der Waals surface area contributed by atoms with E-state index in [0.717, 1.165) is 42.4 Å². The lowest BCUT2D eigenvalue weighted by atomic mass is 9.99. The Labute approximate surface area is 165 Å². The molecule has 146 valence electrons. The Balaban J connectivity index is 1.85. The number of halogens is 1. The third-order valence-electron chi connectivity index (χ3n) is 4.51. The Morgan fingerprint density at radius 3 is 2.77 bits per heavy atom. The van der Waals surface area contributed by atoms with Crippen molar-refractivity contribution in [2.45, 2.75) is 77.1 Å². The maximum absolute atomic E-state index is 12.4. The first kappa shape index (κ1) is 21.0. The Morgan fingerprint density at radius 2 is 2.12 bits per heavy atom. The van der Waals surface area contributed by atoms with Gasteiger partial charge in [0.2, 0.25) is 0 Å². The van der Waals surface area contributed by atoms with E-state index in [-0.39, 0.29) is 24.2 Å². The molecule has 1 aromatic carbocycles. The minimum absolute atomic E-state index is 0.0352. The lowest BCUT2D eigenvalue weighted by Gasteiger charge is -2.30. The van der Waals surface area contributed by atoms with E-state index < -0.39 is 5.60 Å². The molecule has 2 rings (SSSR count). The minimum atomic E-state index is -0.464. The molecular formula is C20H32BrN3O2. The van der Waals surface area contributed by atoms with Crippen LogP contribution in [0, 0.1) is 0 Å². The number of benzene rings is 1. The minimum Gasteiger partial charge on any atom is -0.444 e.